The van der Waals surface area contributed by atoms with Gasteiger partial charge in [0.05, 0.1) is 30.6 Å². The molecule has 69 heavy (non-hydrogen) atoms. The number of nitrogens with one attached hydrogen (secondary N) is 1. The molecule has 6 N–H and O–H groups in total. The second kappa shape index (κ2) is 33.2. The molecule has 0 spiro atoms. The second-order valence-electron chi connectivity index (χ2n) is 17.6. The van der Waals surface area contributed by atoms with E-state index in [2.05, 4.69) is 5.32 Å². The minimum Gasteiger partial charge on any atom is -0.481 e. The monoisotopic (exact) mass is 1040 g/mol. The van der Waals surface area contributed by atoms with Crippen molar-refractivity contribution in [3.63, 3.8) is 0 Å². The number of carboxylic acid groups (broad SMARTS) is 1. The lowest BCUT2D eigenvalue weighted by atomic mass is 9.95. The number of aliphatic carboxylic acids is 1. The smallest absolute Gasteiger partial charge is 0.470 e. The van der Waals surface area contributed by atoms with Gasteiger partial charge in [0.1, 0.15) is 24.9 Å². The van der Waals surface area contributed by atoms with Crippen molar-refractivity contribution >= 4 is 46.8 Å². The highest BCUT2D eigenvalue weighted by Crippen LogP contribution is 2.47. The predicted molar refractivity (Wildman–Crippen MR) is 257 cm³/mol. The summed E-state index contributed by atoms with van der Waals surface area (Å²) in [6, 6.07) is 4.78. The summed E-state index contributed by atoms with van der Waals surface area (Å²) in [6.45, 7) is 8.80. The fourth-order valence-electron chi connectivity index (χ4n) is 7.51. The molecule has 1 aromatic carbocycles. The zero-order chi connectivity index (χ0) is 51.5. The molecule has 1 aliphatic heterocycles. The molecule has 9 atom stereocenters. The SMILES string of the molecule is CCCCC[C@H](CC(=O)N[C@H]1[C@H](OCCCC)O[C@H](COC(=O)c2ccc(CCCCC(=O)O)cc2)[C@@H](OP(=O)(O)O)[C@@H]1OC(=O)C[C@@H](CCCCC)OP(=O)(O)CCCC)OP(=O)(O)CCCC. The van der Waals surface area contributed by atoms with Crippen LogP contribution >= 0.6 is 23.0 Å². The summed E-state index contributed by atoms with van der Waals surface area (Å²) in [5, 5.41) is 11.6. The van der Waals surface area contributed by atoms with Crippen LogP contribution in [0.15, 0.2) is 24.3 Å². The summed E-state index contributed by atoms with van der Waals surface area (Å²) >= 11 is 0. The van der Waals surface area contributed by atoms with Gasteiger partial charge in [-0.05, 0) is 69.1 Å². The van der Waals surface area contributed by atoms with Crippen LogP contribution in [0.4, 0.5) is 0 Å². The van der Waals surface area contributed by atoms with Crippen molar-refractivity contribution in [2.75, 3.05) is 25.5 Å². The zero-order valence-electron chi connectivity index (χ0n) is 41.1. The maximum Gasteiger partial charge on any atom is 0.470 e. The molecule has 1 amide bonds. The first-order chi connectivity index (χ1) is 32.7. The van der Waals surface area contributed by atoms with Gasteiger partial charge in [-0.15, -0.1) is 0 Å². The Hall–Kier alpha value is -2.57. The number of hydrogen-bond donors (Lipinski definition) is 6. The first kappa shape index (κ1) is 62.5. The number of rotatable bonds is 38. The van der Waals surface area contributed by atoms with Crippen molar-refractivity contribution in [1.82, 2.24) is 5.32 Å². The fraction of sp³-hybridized carbons (Fsp3) is 0.783. The van der Waals surface area contributed by atoms with Crippen LogP contribution in [0, 0.1) is 0 Å². The minimum absolute atomic E-state index is 0.0259. The van der Waals surface area contributed by atoms with Gasteiger partial charge in [-0.3, -0.25) is 28.0 Å². The molecule has 20 nitrogen and oxygen atoms in total. The van der Waals surface area contributed by atoms with Gasteiger partial charge in [-0.2, -0.15) is 0 Å². The summed E-state index contributed by atoms with van der Waals surface area (Å²) in [5.41, 5.74) is 0.942. The van der Waals surface area contributed by atoms with Crippen molar-refractivity contribution in [3.8, 4) is 0 Å². The molecular formula is C46H80NO19P3. The minimum atomic E-state index is -5.51. The molecule has 0 radical (unpaired) electrons. The van der Waals surface area contributed by atoms with Crippen LogP contribution < -0.4 is 5.32 Å². The van der Waals surface area contributed by atoms with E-state index in [-0.39, 0.29) is 43.8 Å². The third-order valence-electron chi connectivity index (χ3n) is 11.2. The van der Waals surface area contributed by atoms with Gasteiger partial charge in [-0.25, -0.2) is 9.36 Å². The van der Waals surface area contributed by atoms with Gasteiger partial charge >= 0.3 is 40.9 Å². The van der Waals surface area contributed by atoms with Crippen molar-refractivity contribution in [3.05, 3.63) is 35.4 Å². The van der Waals surface area contributed by atoms with Crippen LogP contribution in [0.3, 0.4) is 0 Å². The van der Waals surface area contributed by atoms with Gasteiger partial charge in [0.25, 0.3) is 0 Å². The van der Waals surface area contributed by atoms with Gasteiger partial charge in [0.15, 0.2) is 12.4 Å². The van der Waals surface area contributed by atoms with Crippen LogP contribution in [-0.2, 0) is 67.0 Å². The number of phosphoric acid groups is 1. The lowest BCUT2D eigenvalue weighted by molar-refractivity contribution is -0.271. The summed E-state index contributed by atoms with van der Waals surface area (Å²) < 4.78 is 79.5. The van der Waals surface area contributed by atoms with E-state index in [1.807, 2.05) is 34.6 Å². The average molecular weight is 1040 g/mol. The molecular weight excluding hydrogens is 963 g/mol. The van der Waals surface area contributed by atoms with Gasteiger partial charge in [-0.1, -0.05) is 105 Å². The lowest BCUT2D eigenvalue weighted by Crippen LogP contribution is -2.66. The van der Waals surface area contributed by atoms with E-state index >= 15 is 0 Å². The number of phosphoric ester groups is 1. The number of benzene rings is 1. The molecule has 0 saturated carbocycles. The second-order valence-corrected chi connectivity index (χ2v) is 22.6. The summed E-state index contributed by atoms with van der Waals surface area (Å²) in [6.07, 6.45) is -0.978. The quantitative estimate of drug-likeness (QED) is 0.0205. The lowest BCUT2D eigenvalue weighted by Gasteiger charge is -2.45. The van der Waals surface area contributed by atoms with Gasteiger partial charge < -0.3 is 58.0 Å². The average Bonchev–Trinajstić information content (AvgIpc) is 3.27. The van der Waals surface area contributed by atoms with Crippen molar-refractivity contribution in [2.45, 2.75) is 206 Å². The molecule has 398 valence electrons. The van der Waals surface area contributed by atoms with Gasteiger partial charge in [0.2, 0.25) is 5.91 Å². The van der Waals surface area contributed by atoms with Crippen LogP contribution in [0.1, 0.15) is 173 Å². The van der Waals surface area contributed by atoms with E-state index in [0.717, 1.165) is 31.2 Å². The highest BCUT2D eigenvalue weighted by Gasteiger charge is 2.53. The maximum atomic E-state index is 14.1. The number of carboxylic acids is 1. The molecule has 0 aromatic heterocycles. The third-order valence-corrected chi connectivity index (χ3v) is 14.8. The number of carbonyl (C=O) groups excluding carboxylic acids is 3. The number of amides is 1. The third kappa shape index (κ3) is 26.6. The normalized spacial score (nSPS) is 21.1. The Kier molecular flexibility index (Phi) is 30.1. The number of ether oxygens (including phenoxy) is 4. The number of carbonyl (C=O) groups is 4. The van der Waals surface area contributed by atoms with Gasteiger partial charge in [0, 0.05) is 25.4 Å². The number of esters is 2. The maximum absolute atomic E-state index is 14.1. The summed E-state index contributed by atoms with van der Waals surface area (Å²) in [5.74, 6) is -3.60. The summed E-state index contributed by atoms with van der Waals surface area (Å²) in [7, 11) is -13.8. The van der Waals surface area contributed by atoms with E-state index < -0.39 is 109 Å². The summed E-state index contributed by atoms with van der Waals surface area (Å²) in [4.78, 5) is 94.5. The Morgan fingerprint density at radius 3 is 1.77 bits per heavy atom. The van der Waals surface area contributed by atoms with Crippen LogP contribution in [0.2, 0.25) is 0 Å². The Morgan fingerprint density at radius 1 is 0.696 bits per heavy atom. The van der Waals surface area contributed by atoms with E-state index in [1.165, 1.54) is 12.1 Å². The molecule has 1 fully saturated rings. The first-order valence-electron chi connectivity index (χ1n) is 24.6. The molecule has 0 aliphatic carbocycles. The van der Waals surface area contributed by atoms with E-state index in [0.29, 0.717) is 70.6 Å². The Balaban J connectivity index is 2.63. The number of aryl methyl sites for hydroxylation is 1. The predicted octanol–water partition coefficient (Wildman–Crippen LogP) is 8.74. The number of hydrogen-bond acceptors (Lipinski definition) is 14. The van der Waals surface area contributed by atoms with E-state index in [9.17, 15) is 52.4 Å². The molecule has 1 saturated heterocycles. The van der Waals surface area contributed by atoms with Crippen LogP contribution in [0.5, 0.6) is 0 Å². The molecule has 1 aromatic rings. The highest BCUT2D eigenvalue weighted by atomic mass is 31.2. The molecule has 1 aliphatic rings. The van der Waals surface area contributed by atoms with Crippen molar-refractivity contribution < 1.29 is 90.1 Å². The largest absolute Gasteiger partial charge is 0.481 e. The Bertz CT molecular complexity index is 1810. The molecule has 2 unspecified atom stereocenters. The topological polar surface area (TPSA) is 297 Å². The van der Waals surface area contributed by atoms with Crippen LogP contribution in [0.25, 0.3) is 0 Å². The standard InChI is InChI=1S/C46H80NO19P3/c1-6-11-16-21-36(64-67(53,54)29-14-9-4)31-39(48)47-42-44(63-41(51)32-37(22-17-12-7-2)65-68(55,56)30-15-10-5)43(66-69(57,58)59)38(62-46(42)60-28-13-8-3)33-61-45(52)35-26-24-34(25-27-35)20-18-19-23-40(49)50/h24-27,36-38,42-44,46H,6-23,28-33H2,1-5H3,(H,47,48)(H,49,50)(H,53,54)(H,55,56)(H2,57,58,59)/t36-,37-,38-,42-,43-,44-,46-/m1/s1. The molecule has 2 rings (SSSR count). The molecule has 1 heterocycles. The zero-order valence-corrected chi connectivity index (χ0v) is 43.8. The van der Waals surface area contributed by atoms with Crippen molar-refractivity contribution in [1.29, 1.82) is 0 Å². The van der Waals surface area contributed by atoms with Crippen LogP contribution in [-0.4, -0.2) is 117 Å². The van der Waals surface area contributed by atoms with E-state index in [4.69, 9.17) is 37.6 Å². The number of unbranched alkanes of at least 4 members (excludes halogenated alkanes) is 8. The molecule has 0 bridgehead atoms. The fourth-order valence-corrected chi connectivity index (χ4v) is 11.0. The molecule has 23 heteroatoms. The van der Waals surface area contributed by atoms with Crippen molar-refractivity contribution in [2.24, 2.45) is 0 Å². The Morgan fingerprint density at radius 2 is 1.25 bits per heavy atom. The Labute approximate surface area is 407 Å². The van der Waals surface area contributed by atoms with E-state index in [1.54, 1.807) is 12.1 Å². The first-order valence-corrected chi connectivity index (χ1v) is 29.7. The highest BCUT2D eigenvalue weighted by molar-refractivity contribution is 7.53.